The summed E-state index contributed by atoms with van der Waals surface area (Å²) < 4.78 is 32.8. The Labute approximate surface area is 451 Å². The number of nitrogens with zero attached hydrogens (tertiary/aromatic N) is 4. The van der Waals surface area contributed by atoms with Crippen molar-refractivity contribution >= 4 is 64.2 Å². The Morgan fingerprint density at radius 2 is 1.68 bits per heavy atom. The number of imide groups is 1. The largest absolute Gasteiger partial charge is 0.458 e. The predicted molar refractivity (Wildman–Crippen MR) is 276 cm³/mol. The number of unbranched alkanes of at least 4 members (excludes halogenated alkanes) is 2. The molecule has 6 heterocycles. The summed E-state index contributed by atoms with van der Waals surface area (Å²) in [5.74, 6) is -5.66. The molecule has 23 nitrogen and oxygen atoms in total. The van der Waals surface area contributed by atoms with Gasteiger partial charge in [-0.15, -0.1) is 0 Å². The number of aromatic nitrogens is 2. The highest BCUT2D eigenvalue weighted by atomic mass is 19.1. The van der Waals surface area contributed by atoms with Crippen molar-refractivity contribution in [3.8, 4) is 11.4 Å². The van der Waals surface area contributed by atoms with Gasteiger partial charge in [0.1, 0.15) is 37.8 Å². The Hall–Kier alpha value is -8.22. The van der Waals surface area contributed by atoms with Gasteiger partial charge in [0.05, 0.1) is 48.2 Å². The van der Waals surface area contributed by atoms with Gasteiger partial charge in [-0.1, -0.05) is 43.7 Å². The first-order chi connectivity index (χ1) is 37.9. The van der Waals surface area contributed by atoms with E-state index in [0.29, 0.717) is 78.8 Å². The molecule has 0 bridgehead atoms. The number of amides is 7. The molecule has 1 saturated heterocycles. The van der Waals surface area contributed by atoms with Gasteiger partial charge >= 0.3 is 11.9 Å². The number of ether oxygens (including phenoxy) is 3. The molecule has 5 aliphatic rings. The molecule has 2 aromatic heterocycles. The number of benzene rings is 2. The second-order valence-corrected chi connectivity index (χ2v) is 20.0. The van der Waals surface area contributed by atoms with Crippen LogP contribution in [-0.4, -0.2) is 142 Å². The lowest BCUT2D eigenvalue weighted by molar-refractivity contribution is -0.172. The van der Waals surface area contributed by atoms with Crippen molar-refractivity contribution in [2.75, 3.05) is 52.7 Å². The zero-order chi connectivity index (χ0) is 56.1. The Morgan fingerprint density at radius 3 is 2.44 bits per heavy atom. The minimum Gasteiger partial charge on any atom is -0.458 e. The van der Waals surface area contributed by atoms with Crippen LogP contribution in [0.15, 0.2) is 59.4 Å². The molecule has 9 rings (SSSR count). The summed E-state index contributed by atoms with van der Waals surface area (Å²) in [5.41, 5.74) is 2.36. The number of rotatable bonds is 24. The predicted octanol–water partition coefficient (Wildman–Crippen LogP) is 0.394. The Balaban J connectivity index is 0.709. The van der Waals surface area contributed by atoms with Crippen LogP contribution in [0.4, 0.5) is 4.39 Å². The van der Waals surface area contributed by atoms with E-state index < -0.39 is 90.4 Å². The number of halogens is 1. The number of aryl methyl sites for hydroxylation is 1. The Bertz CT molecular complexity index is 3240. The maximum atomic E-state index is 15.4. The highest BCUT2D eigenvalue weighted by Crippen LogP contribution is 2.46. The fraction of sp³-hybridized carbons (Fsp3) is 0.436. The molecule has 1 aliphatic carbocycles. The zero-order valence-electron chi connectivity index (χ0n) is 43.6. The number of fused-ring (bicyclic) bond motifs is 5. The summed E-state index contributed by atoms with van der Waals surface area (Å²) >= 11 is 0. The number of esters is 2. The van der Waals surface area contributed by atoms with Crippen molar-refractivity contribution in [1.82, 2.24) is 45.9 Å². The van der Waals surface area contributed by atoms with E-state index in [1.165, 1.54) is 22.8 Å². The molecular weight excluding hydrogens is 1030 g/mol. The summed E-state index contributed by atoms with van der Waals surface area (Å²) in [6, 6.07) is 9.58. The molecule has 5 atom stereocenters. The first-order valence-electron chi connectivity index (χ1n) is 26.2. The van der Waals surface area contributed by atoms with Crippen LogP contribution in [0.1, 0.15) is 90.4 Å². The van der Waals surface area contributed by atoms with Gasteiger partial charge < -0.3 is 50.5 Å². The summed E-state index contributed by atoms with van der Waals surface area (Å²) in [4.78, 5) is 135. The highest BCUT2D eigenvalue weighted by Gasteiger charge is 2.47. The Morgan fingerprint density at radius 1 is 0.911 bits per heavy atom. The molecule has 0 spiro atoms. The van der Waals surface area contributed by atoms with E-state index in [-0.39, 0.29) is 81.1 Å². The summed E-state index contributed by atoms with van der Waals surface area (Å²) in [6.45, 7) is 2.40. The van der Waals surface area contributed by atoms with Crippen molar-refractivity contribution in [2.45, 2.75) is 102 Å². The van der Waals surface area contributed by atoms with Crippen molar-refractivity contribution in [3.63, 3.8) is 0 Å². The van der Waals surface area contributed by atoms with E-state index in [0.717, 1.165) is 21.4 Å². The minimum atomic E-state index is -2.03. The smallest absolute Gasteiger partial charge is 0.343 e. The van der Waals surface area contributed by atoms with E-state index in [9.17, 15) is 53.1 Å². The topological polar surface area (TPSA) is 303 Å². The zero-order valence-corrected chi connectivity index (χ0v) is 43.6. The van der Waals surface area contributed by atoms with E-state index in [1.54, 1.807) is 50.2 Å². The van der Waals surface area contributed by atoms with E-state index in [4.69, 9.17) is 19.2 Å². The third-order valence-corrected chi connectivity index (χ3v) is 14.9. The van der Waals surface area contributed by atoms with Gasteiger partial charge in [-0.3, -0.25) is 53.0 Å². The molecule has 6 N–H and O–H groups in total. The van der Waals surface area contributed by atoms with Gasteiger partial charge in [-0.25, -0.2) is 14.2 Å². The van der Waals surface area contributed by atoms with Crippen LogP contribution >= 0.6 is 0 Å². The molecule has 416 valence electrons. The second-order valence-electron chi connectivity index (χ2n) is 20.0. The second kappa shape index (κ2) is 23.8. The molecule has 4 aromatic rings. The number of hydrogen-bond donors (Lipinski definition) is 6. The Kier molecular flexibility index (Phi) is 16.7. The van der Waals surface area contributed by atoms with Crippen molar-refractivity contribution < 1.29 is 66.9 Å². The molecule has 0 saturated carbocycles. The van der Waals surface area contributed by atoms with Crippen molar-refractivity contribution in [2.24, 2.45) is 0 Å². The molecule has 1 fully saturated rings. The van der Waals surface area contributed by atoms with Crippen LogP contribution in [0.5, 0.6) is 0 Å². The number of pyridine rings is 2. The normalized spacial score (nSPS) is 19.7. The average molecular weight is 1090 g/mol. The molecule has 24 heteroatoms. The maximum Gasteiger partial charge on any atom is 0.343 e. The third-order valence-electron chi connectivity index (χ3n) is 14.9. The summed E-state index contributed by atoms with van der Waals surface area (Å²) in [5, 5.41) is 25.3. The molecule has 7 amide bonds. The molecule has 79 heavy (non-hydrogen) atoms. The van der Waals surface area contributed by atoms with Crippen LogP contribution in [-0.2, 0) is 89.0 Å². The van der Waals surface area contributed by atoms with Crippen LogP contribution in [0.2, 0.25) is 0 Å². The monoisotopic (exact) mass is 1090 g/mol. The van der Waals surface area contributed by atoms with Crippen LogP contribution in [0.25, 0.3) is 22.3 Å². The maximum absolute atomic E-state index is 15.4. The van der Waals surface area contributed by atoms with Gasteiger partial charge in [0, 0.05) is 67.2 Å². The van der Waals surface area contributed by atoms with Crippen molar-refractivity contribution in [1.29, 1.82) is 0 Å². The number of aliphatic hydroxyl groups is 1. The van der Waals surface area contributed by atoms with Crippen LogP contribution < -0.4 is 32.1 Å². The third kappa shape index (κ3) is 12.1. The molecule has 1 unspecified atom stereocenters. The van der Waals surface area contributed by atoms with Gasteiger partial charge in [0.15, 0.2) is 12.2 Å². The summed E-state index contributed by atoms with van der Waals surface area (Å²) in [7, 11) is 0. The molecular formula is C55H60FN9O14. The average Bonchev–Trinajstić information content (AvgIpc) is 3.91. The van der Waals surface area contributed by atoms with Crippen molar-refractivity contribution in [3.05, 3.63) is 110 Å². The van der Waals surface area contributed by atoms with Crippen LogP contribution in [0, 0.1) is 12.7 Å². The number of cyclic esters (lactones) is 1. The summed E-state index contributed by atoms with van der Waals surface area (Å²) in [6.07, 6.45) is 4.96. The van der Waals surface area contributed by atoms with E-state index in [2.05, 4.69) is 26.6 Å². The van der Waals surface area contributed by atoms with Crippen LogP contribution in [0.3, 0.4) is 0 Å². The molecule has 0 radical (unpaired) electrons. The lowest BCUT2D eigenvalue weighted by Crippen LogP contribution is -2.51. The standard InChI is InChI=1S/C55H60FN9O14/c1-3-55(76)35-21-40-50-33(25-65(40)53(74)34(35)27-79-54(55)75)49-37(14-13-32-30(2)36(56)22-38(61-50)48(32)49)62-52(73)41-26-63(41)18-19-77-29-59-43(67)23-58-51(72)39(20-31-10-6-4-7-11-31)60-44(68)28-78-47(71)24-57-42(66)12-8-5-9-17-64-45(69)15-16-46(64)70/h4,6-7,10-11,15-16,21-22,37,39,41,76H,3,5,8-9,12-14,17-20,23-29H2,1-2H3,(H,57,66)(H,58,72)(H,59,67)(H,60,68)(H,62,73)/t37-,39-,41-,55-,63?/m0/s1. The number of carbonyl (C=O) groups is 9. The molecule has 4 aliphatic heterocycles. The van der Waals surface area contributed by atoms with E-state index in [1.807, 2.05) is 4.90 Å². The minimum absolute atomic E-state index is 0.0296. The fourth-order valence-electron chi connectivity index (χ4n) is 10.5. The number of nitrogens with one attached hydrogen (secondary N) is 5. The number of carbonyl (C=O) groups excluding carboxylic acids is 9. The quantitative estimate of drug-likeness (QED) is 0.0160. The van der Waals surface area contributed by atoms with E-state index >= 15 is 4.39 Å². The fourth-order valence-corrected chi connectivity index (χ4v) is 10.5. The van der Waals surface area contributed by atoms with Gasteiger partial charge in [0.25, 0.3) is 23.3 Å². The SMILES string of the molecule is CC[C@@]1(O)C(=O)OCc2c1cc1n(c2=O)Cc2c-1nc1cc(F)c(C)c3c1c2[C@@H](NC(=O)[C@@H]1CN1CCOCNC(=O)CNC(=O)[C@H](Cc1ccccc1)NC(=O)COC(=O)CNC(=O)CCCCCN1C(=O)C=CC1=O)CC3. The molecule has 2 aromatic carbocycles. The van der Waals surface area contributed by atoms with Gasteiger partial charge in [0.2, 0.25) is 23.6 Å². The lowest BCUT2D eigenvalue weighted by atomic mass is 9.81. The number of hydrogen-bond acceptors (Lipinski definition) is 16. The van der Waals surface area contributed by atoms with Gasteiger partial charge in [-0.05, 0) is 67.3 Å². The van der Waals surface area contributed by atoms with Gasteiger partial charge in [-0.2, -0.15) is 0 Å². The lowest BCUT2D eigenvalue weighted by Gasteiger charge is -2.31. The first kappa shape index (κ1) is 55.5. The first-order valence-corrected chi connectivity index (χ1v) is 26.2. The highest BCUT2D eigenvalue weighted by molar-refractivity contribution is 6.12.